The number of rotatable bonds is 8. The molecule has 6 nitrogen and oxygen atoms in total. The van der Waals surface area contributed by atoms with E-state index in [1.165, 1.54) is 5.56 Å². The second kappa shape index (κ2) is 10.2. The lowest BCUT2D eigenvalue weighted by molar-refractivity contribution is -0.0123. The van der Waals surface area contributed by atoms with Gasteiger partial charge in [0, 0.05) is 18.7 Å². The van der Waals surface area contributed by atoms with Crippen molar-refractivity contribution in [2.24, 2.45) is 0 Å². The molecule has 0 aliphatic carbocycles. The van der Waals surface area contributed by atoms with E-state index in [0.717, 1.165) is 66.6 Å². The highest BCUT2D eigenvalue weighted by molar-refractivity contribution is 5.68. The molecule has 1 aromatic heterocycles. The largest absolute Gasteiger partial charge is 0.496 e. The third kappa shape index (κ3) is 4.97. The summed E-state index contributed by atoms with van der Waals surface area (Å²) in [7, 11) is 3.32. The van der Waals surface area contributed by atoms with E-state index in [0.29, 0.717) is 12.5 Å². The smallest absolute Gasteiger partial charge is 0.230 e. The molecular weight excluding hydrogens is 404 g/mol. The molecule has 2 aromatic carbocycles. The van der Waals surface area contributed by atoms with E-state index in [1.807, 2.05) is 32.0 Å². The monoisotopic (exact) mass is 436 g/mol. The Bertz CT molecular complexity index is 1030. The van der Waals surface area contributed by atoms with Gasteiger partial charge in [-0.3, -0.25) is 4.90 Å². The van der Waals surface area contributed by atoms with E-state index in [2.05, 4.69) is 29.2 Å². The molecule has 0 N–H and O–H groups in total. The Morgan fingerprint density at radius 1 is 1.06 bits per heavy atom. The van der Waals surface area contributed by atoms with E-state index in [9.17, 15) is 0 Å². The lowest BCUT2D eigenvalue weighted by atomic mass is 10.1. The normalized spacial score (nSPS) is 16.8. The van der Waals surface area contributed by atoms with Crippen molar-refractivity contribution in [3.8, 4) is 23.0 Å². The molecule has 1 aliphatic heterocycles. The maximum absolute atomic E-state index is 6.19. The Kier molecular flexibility index (Phi) is 7.12. The molecule has 3 aromatic rings. The summed E-state index contributed by atoms with van der Waals surface area (Å²) in [6.07, 6.45) is 2.45. The Balaban J connectivity index is 1.44. The first kappa shape index (κ1) is 22.4. The summed E-state index contributed by atoms with van der Waals surface area (Å²) < 4.78 is 23.3. The number of benzene rings is 2. The summed E-state index contributed by atoms with van der Waals surface area (Å²) in [6.45, 7) is 7.29. The zero-order chi connectivity index (χ0) is 22.5. The minimum absolute atomic E-state index is 0.236. The van der Waals surface area contributed by atoms with Crippen LogP contribution in [0.5, 0.6) is 11.5 Å². The van der Waals surface area contributed by atoms with Gasteiger partial charge in [0.05, 0.1) is 38.2 Å². The van der Waals surface area contributed by atoms with Crippen molar-refractivity contribution in [2.45, 2.75) is 45.9 Å². The zero-order valence-corrected chi connectivity index (χ0v) is 19.4. The van der Waals surface area contributed by atoms with Gasteiger partial charge in [-0.15, -0.1) is 0 Å². The number of aromatic nitrogens is 1. The summed E-state index contributed by atoms with van der Waals surface area (Å²) >= 11 is 0. The molecule has 32 heavy (non-hydrogen) atoms. The van der Waals surface area contributed by atoms with Gasteiger partial charge >= 0.3 is 0 Å². The number of nitrogens with zero attached hydrogens (tertiary/aromatic N) is 2. The molecule has 2 heterocycles. The fraction of sp³-hybridized carbons (Fsp3) is 0.423. The van der Waals surface area contributed by atoms with Crippen LogP contribution in [-0.2, 0) is 17.9 Å². The first-order valence-electron chi connectivity index (χ1n) is 11.1. The molecule has 1 atom stereocenters. The van der Waals surface area contributed by atoms with Crippen LogP contribution in [0.2, 0.25) is 0 Å². The van der Waals surface area contributed by atoms with Gasteiger partial charge in [-0.05, 0) is 50.9 Å². The van der Waals surface area contributed by atoms with Gasteiger partial charge in [0.1, 0.15) is 17.3 Å². The molecule has 1 aliphatic rings. The number of methoxy groups -OCH3 is 2. The summed E-state index contributed by atoms with van der Waals surface area (Å²) in [6, 6.07) is 14.2. The molecular formula is C26H32N2O4. The van der Waals surface area contributed by atoms with Crippen molar-refractivity contribution in [2.75, 3.05) is 27.3 Å². The van der Waals surface area contributed by atoms with Crippen LogP contribution < -0.4 is 9.47 Å². The SMILES string of the molecule is COc1ccc(-c2nc(CN3CCC[C@@H](OCc4ccccc4)C3)c(C)o2)c(OC)c1C. The fourth-order valence-corrected chi connectivity index (χ4v) is 4.31. The van der Waals surface area contributed by atoms with Crippen LogP contribution in [0.3, 0.4) is 0 Å². The topological polar surface area (TPSA) is 57.0 Å². The summed E-state index contributed by atoms with van der Waals surface area (Å²) in [5.74, 6) is 2.92. The Morgan fingerprint density at radius 2 is 1.88 bits per heavy atom. The van der Waals surface area contributed by atoms with Crippen molar-refractivity contribution in [1.82, 2.24) is 9.88 Å². The second-order valence-electron chi connectivity index (χ2n) is 8.29. The number of hydrogen-bond acceptors (Lipinski definition) is 6. The van der Waals surface area contributed by atoms with Gasteiger partial charge in [0.25, 0.3) is 0 Å². The first-order chi connectivity index (χ1) is 15.6. The van der Waals surface area contributed by atoms with Gasteiger partial charge < -0.3 is 18.6 Å². The van der Waals surface area contributed by atoms with E-state index in [1.54, 1.807) is 14.2 Å². The molecule has 170 valence electrons. The fourth-order valence-electron chi connectivity index (χ4n) is 4.31. The van der Waals surface area contributed by atoms with Crippen LogP contribution >= 0.6 is 0 Å². The third-order valence-corrected chi connectivity index (χ3v) is 6.07. The third-order valence-electron chi connectivity index (χ3n) is 6.07. The van der Waals surface area contributed by atoms with Crippen molar-refractivity contribution < 1.29 is 18.6 Å². The molecule has 4 rings (SSSR count). The molecule has 0 saturated carbocycles. The average Bonchev–Trinajstić information content (AvgIpc) is 3.18. The lowest BCUT2D eigenvalue weighted by Crippen LogP contribution is -2.39. The summed E-state index contributed by atoms with van der Waals surface area (Å²) in [5.41, 5.74) is 3.94. The molecule has 6 heteroatoms. The van der Waals surface area contributed by atoms with Gasteiger partial charge in [-0.1, -0.05) is 30.3 Å². The Morgan fingerprint density at radius 3 is 2.62 bits per heavy atom. The maximum atomic E-state index is 6.19. The number of aryl methyl sites for hydroxylation is 1. The highest BCUT2D eigenvalue weighted by atomic mass is 16.5. The first-order valence-corrected chi connectivity index (χ1v) is 11.1. The van der Waals surface area contributed by atoms with Crippen molar-refractivity contribution in [3.63, 3.8) is 0 Å². The quantitative estimate of drug-likeness (QED) is 0.486. The van der Waals surface area contributed by atoms with Crippen LogP contribution in [0.25, 0.3) is 11.5 Å². The average molecular weight is 437 g/mol. The van der Waals surface area contributed by atoms with Gasteiger partial charge in [0.2, 0.25) is 5.89 Å². The summed E-state index contributed by atoms with van der Waals surface area (Å²) in [4.78, 5) is 7.24. The van der Waals surface area contributed by atoms with Crippen molar-refractivity contribution >= 4 is 0 Å². The van der Waals surface area contributed by atoms with E-state index in [-0.39, 0.29) is 6.10 Å². The Labute approximate surface area is 190 Å². The van der Waals surface area contributed by atoms with Crippen LogP contribution in [0, 0.1) is 13.8 Å². The minimum atomic E-state index is 0.236. The molecule has 0 bridgehead atoms. The molecule has 1 fully saturated rings. The molecule has 0 unspecified atom stereocenters. The van der Waals surface area contributed by atoms with Gasteiger partial charge in [0.15, 0.2) is 0 Å². The molecule has 1 saturated heterocycles. The minimum Gasteiger partial charge on any atom is -0.496 e. The van der Waals surface area contributed by atoms with E-state index >= 15 is 0 Å². The van der Waals surface area contributed by atoms with E-state index in [4.69, 9.17) is 23.6 Å². The number of piperidine rings is 1. The van der Waals surface area contributed by atoms with Crippen LogP contribution in [0.4, 0.5) is 0 Å². The highest BCUT2D eigenvalue weighted by Crippen LogP contribution is 2.38. The number of likely N-dealkylation sites (tertiary alicyclic amines) is 1. The Hall–Kier alpha value is -2.83. The lowest BCUT2D eigenvalue weighted by Gasteiger charge is -2.32. The maximum Gasteiger partial charge on any atom is 0.230 e. The number of oxazole rings is 1. The van der Waals surface area contributed by atoms with Gasteiger partial charge in [-0.2, -0.15) is 0 Å². The van der Waals surface area contributed by atoms with Gasteiger partial charge in [-0.25, -0.2) is 4.98 Å². The predicted molar refractivity (Wildman–Crippen MR) is 124 cm³/mol. The van der Waals surface area contributed by atoms with Crippen molar-refractivity contribution in [1.29, 1.82) is 0 Å². The molecule has 0 radical (unpaired) electrons. The zero-order valence-electron chi connectivity index (χ0n) is 19.4. The highest BCUT2D eigenvalue weighted by Gasteiger charge is 2.24. The van der Waals surface area contributed by atoms with Crippen molar-refractivity contribution in [3.05, 3.63) is 65.0 Å². The van der Waals surface area contributed by atoms with Crippen LogP contribution in [0.15, 0.2) is 46.9 Å². The molecule has 0 spiro atoms. The summed E-state index contributed by atoms with van der Waals surface area (Å²) in [5, 5.41) is 0. The standard InChI is InChI=1S/C26H32N2O4/c1-18-24(29-3)13-12-22(25(18)30-4)26-27-23(19(2)32-26)16-28-14-8-11-21(15-28)31-17-20-9-6-5-7-10-20/h5-7,9-10,12-13,21H,8,11,14-17H2,1-4H3/t21-/m1/s1. The molecule has 0 amide bonds. The van der Waals surface area contributed by atoms with E-state index < -0.39 is 0 Å². The predicted octanol–water partition coefficient (Wildman–Crippen LogP) is 5.16. The second-order valence-corrected chi connectivity index (χ2v) is 8.29. The number of ether oxygens (including phenoxy) is 3. The van der Waals surface area contributed by atoms with Crippen LogP contribution in [-0.4, -0.2) is 43.3 Å². The number of hydrogen-bond donors (Lipinski definition) is 0. The van der Waals surface area contributed by atoms with Crippen LogP contribution in [0.1, 0.15) is 35.4 Å².